The van der Waals surface area contributed by atoms with E-state index in [0.29, 0.717) is 12.0 Å². The number of carbonyl (C=O) groups excluding carboxylic acids is 1. The lowest BCUT2D eigenvalue weighted by atomic mass is 9.68. The highest BCUT2D eigenvalue weighted by Crippen LogP contribution is 2.57. The van der Waals surface area contributed by atoms with Crippen molar-refractivity contribution < 1.29 is 37.3 Å². The van der Waals surface area contributed by atoms with Crippen LogP contribution in [0.1, 0.15) is 48.2 Å². The molecule has 218 valence electrons. The zero-order chi connectivity index (χ0) is 29.7. The molecule has 12 heteroatoms. The van der Waals surface area contributed by atoms with Gasteiger partial charge >= 0.3 is 0 Å². The Balaban J connectivity index is 1.39. The molecular formula is C29H29ClF2N2O6S. The summed E-state index contributed by atoms with van der Waals surface area (Å²) >= 11 is 6.31. The molecule has 4 N–H and O–H groups in total. The number of sulfone groups is 1. The Hall–Kier alpha value is -2.96. The van der Waals surface area contributed by atoms with Crippen molar-refractivity contribution in [2.45, 2.75) is 54.1 Å². The van der Waals surface area contributed by atoms with Crippen LogP contribution >= 0.6 is 11.6 Å². The zero-order valence-corrected chi connectivity index (χ0v) is 23.5. The second kappa shape index (κ2) is 11.0. The molecule has 7 atom stereocenters. The van der Waals surface area contributed by atoms with Gasteiger partial charge in [0.15, 0.2) is 21.5 Å². The molecule has 4 unspecified atom stereocenters. The molecule has 2 saturated carbocycles. The van der Waals surface area contributed by atoms with Crippen molar-refractivity contribution in [3.8, 4) is 0 Å². The third-order valence-corrected chi connectivity index (χ3v) is 11.2. The van der Waals surface area contributed by atoms with E-state index < -0.39 is 62.3 Å². The number of hydrogen-bond acceptors (Lipinski definition) is 7. The average molecular weight is 607 g/mol. The summed E-state index contributed by atoms with van der Waals surface area (Å²) in [5, 5.41) is 35.2. The Morgan fingerprint density at radius 3 is 2.51 bits per heavy atom. The summed E-state index contributed by atoms with van der Waals surface area (Å²) in [4.78, 5) is 16.5. The number of anilines is 1. The highest BCUT2D eigenvalue weighted by molar-refractivity contribution is 7.92. The highest BCUT2D eigenvalue weighted by atomic mass is 35.5. The van der Waals surface area contributed by atoms with Crippen LogP contribution in [0, 0.1) is 29.4 Å². The van der Waals surface area contributed by atoms with E-state index in [0.717, 1.165) is 18.2 Å². The number of nitrogens with zero attached hydrogens (tertiary/aromatic N) is 1. The minimum atomic E-state index is -4.12. The summed E-state index contributed by atoms with van der Waals surface area (Å²) in [5.74, 6) is -4.38. The van der Waals surface area contributed by atoms with Gasteiger partial charge in [0.25, 0.3) is 5.91 Å². The molecule has 0 aliphatic heterocycles. The van der Waals surface area contributed by atoms with Crippen LogP contribution in [0.4, 0.5) is 14.5 Å². The van der Waals surface area contributed by atoms with E-state index >= 15 is 0 Å². The standard InChI is InChI=1S/C29H29ClF2N2O6S/c1-15-9-18-11-20(13-21(15)29(18,38)27(36)26(35)17-3-2-8-33-14-17)41(39,40)25-10-16(4-6-22(25)30)28(37)34-19-5-7-23(31)24(32)12-19/h2-8,10,12,14-15,18,20-21,26-27,35-36,38H,9,11,13H2,1H3,(H,34,37)/t15-,18?,20+,21?,26?,27?,29+/m0/s1. The van der Waals surface area contributed by atoms with Gasteiger partial charge in [-0.25, -0.2) is 17.2 Å². The van der Waals surface area contributed by atoms with Gasteiger partial charge in [-0.15, -0.1) is 0 Å². The lowest BCUT2D eigenvalue weighted by Crippen LogP contribution is -2.58. The van der Waals surface area contributed by atoms with Gasteiger partial charge in [-0.05, 0) is 73.4 Å². The fraction of sp³-hybridized carbons (Fsp3) is 0.379. The molecule has 0 spiro atoms. The molecule has 0 saturated heterocycles. The van der Waals surface area contributed by atoms with E-state index in [4.69, 9.17) is 11.6 Å². The summed E-state index contributed by atoms with van der Waals surface area (Å²) < 4.78 is 54.6. The lowest BCUT2D eigenvalue weighted by molar-refractivity contribution is -0.180. The number of aromatic nitrogens is 1. The third-order valence-electron chi connectivity index (χ3n) is 8.57. The third kappa shape index (κ3) is 5.25. The molecule has 3 aromatic rings. The van der Waals surface area contributed by atoms with Gasteiger partial charge in [0.2, 0.25) is 0 Å². The van der Waals surface area contributed by atoms with Gasteiger partial charge in [-0.2, -0.15) is 0 Å². The Morgan fingerprint density at radius 2 is 1.85 bits per heavy atom. The predicted octanol–water partition coefficient (Wildman–Crippen LogP) is 4.30. The maximum absolute atomic E-state index is 13.9. The number of rotatable bonds is 7. The quantitative estimate of drug-likeness (QED) is 0.315. The average Bonchev–Trinajstić information content (AvgIpc) is 3.07. The normalized spacial score (nSPS) is 27.3. The van der Waals surface area contributed by atoms with Crippen LogP contribution < -0.4 is 5.32 Å². The van der Waals surface area contributed by atoms with Crippen LogP contribution in [0.3, 0.4) is 0 Å². The second-order valence-corrected chi connectivity index (χ2v) is 13.6. The molecule has 41 heavy (non-hydrogen) atoms. The van der Waals surface area contributed by atoms with Crippen LogP contribution in [0.15, 0.2) is 65.8 Å². The molecule has 2 fully saturated rings. The maximum atomic E-state index is 13.9. The minimum Gasteiger partial charge on any atom is -0.387 e. The number of aliphatic hydroxyl groups excluding tert-OH is 2. The Labute approximate surface area is 240 Å². The number of fused-ring (bicyclic) bond motifs is 2. The topological polar surface area (TPSA) is 137 Å². The molecule has 1 aromatic heterocycles. The van der Waals surface area contributed by atoms with Crippen molar-refractivity contribution in [1.82, 2.24) is 4.98 Å². The first-order chi connectivity index (χ1) is 19.3. The Bertz CT molecular complexity index is 1580. The Morgan fingerprint density at radius 1 is 1.10 bits per heavy atom. The number of amides is 1. The molecule has 5 rings (SSSR count). The summed E-state index contributed by atoms with van der Waals surface area (Å²) in [6.45, 7) is 1.88. The van der Waals surface area contributed by atoms with Gasteiger partial charge in [-0.3, -0.25) is 9.78 Å². The number of carbonyl (C=O) groups is 1. The predicted molar refractivity (Wildman–Crippen MR) is 147 cm³/mol. The largest absolute Gasteiger partial charge is 0.387 e. The van der Waals surface area contributed by atoms with Gasteiger partial charge in [-0.1, -0.05) is 24.6 Å². The van der Waals surface area contributed by atoms with Crippen LogP contribution in [0.5, 0.6) is 0 Å². The number of halogens is 3. The van der Waals surface area contributed by atoms with Crippen molar-refractivity contribution >= 4 is 33.0 Å². The zero-order valence-electron chi connectivity index (χ0n) is 21.9. The lowest BCUT2D eigenvalue weighted by Gasteiger charge is -2.47. The van der Waals surface area contributed by atoms with E-state index in [1.807, 2.05) is 6.92 Å². The summed E-state index contributed by atoms with van der Waals surface area (Å²) in [6, 6.07) is 9.76. The van der Waals surface area contributed by atoms with Crippen molar-refractivity contribution in [1.29, 1.82) is 0 Å². The van der Waals surface area contributed by atoms with Crippen molar-refractivity contribution in [3.05, 3.63) is 88.7 Å². The first kappa shape index (κ1) is 29.5. The van der Waals surface area contributed by atoms with Gasteiger partial charge in [0, 0.05) is 35.3 Å². The van der Waals surface area contributed by atoms with Gasteiger partial charge in [0.1, 0.15) is 12.2 Å². The maximum Gasteiger partial charge on any atom is 0.255 e. The van der Waals surface area contributed by atoms with Crippen molar-refractivity contribution in [2.24, 2.45) is 17.8 Å². The van der Waals surface area contributed by atoms with E-state index in [9.17, 15) is 37.3 Å². The first-order valence-electron chi connectivity index (χ1n) is 13.1. The van der Waals surface area contributed by atoms with E-state index in [-0.39, 0.29) is 39.9 Å². The fourth-order valence-electron chi connectivity index (χ4n) is 6.48. The number of aliphatic hydroxyl groups is 3. The smallest absolute Gasteiger partial charge is 0.255 e. The molecule has 1 heterocycles. The van der Waals surface area contributed by atoms with E-state index in [2.05, 4.69) is 10.3 Å². The van der Waals surface area contributed by atoms with Crippen LogP contribution in [-0.2, 0) is 9.84 Å². The van der Waals surface area contributed by atoms with Gasteiger partial charge < -0.3 is 20.6 Å². The fourth-order valence-corrected chi connectivity index (χ4v) is 8.86. The Kier molecular flexibility index (Phi) is 7.95. The van der Waals surface area contributed by atoms with Crippen molar-refractivity contribution in [3.63, 3.8) is 0 Å². The SMILES string of the molecule is C[C@H]1CC2C[C@@H](S(=O)(=O)c3cc(C(=O)Nc4ccc(F)c(F)c4)ccc3Cl)CC1[C@@]2(O)C(O)C(O)c1cccnc1. The summed E-state index contributed by atoms with van der Waals surface area (Å²) in [5.41, 5.74) is -1.47. The summed E-state index contributed by atoms with van der Waals surface area (Å²) in [6.07, 6.45) is 0.405. The highest BCUT2D eigenvalue weighted by Gasteiger charge is 2.62. The molecular weight excluding hydrogens is 578 g/mol. The molecule has 2 aliphatic carbocycles. The molecule has 2 aliphatic rings. The van der Waals surface area contributed by atoms with Gasteiger partial charge in [0.05, 0.1) is 20.8 Å². The first-order valence-corrected chi connectivity index (χ1v) is 15.0. The van der Waals surface area contributed by atoms with Crippen LogP contribution in [-0.4, -0.2) is 51.6 Å². The van der Waals surface area contributed by atoms with Crippen molar-refractivity contribution in [2.75, 3.05) is 5.32 Å². The molecule has 2 aromatic carbocycles. The molecule has 8 nitrogen and oxygen atoms in total. The monoisotopic (exact) mass is 606 g/mol. The number of nitrogens with one attached hydrogen (secondary N) is 1. The van der Waals surface area contributed by atoms with E-state index in [1.165, 1.54) is 30.6 Å². The molecule has 0 radical (unpaired) electrons. The number of hydrogen-bond donors (Lipinski definition) is 4. The van der Waals surface area contributed by atoms with Crippen LogP contribution in [0.25, 0.3) is 0 Å². The van der Waals surface area contributed by atoms with E-state index in [1.54, 1.807) is 12.1 Å². The van der Waals surface area contributed by atoms with Crippen LogP contribution in [0.2, 0.25) is 5.02 Å². The molecule has 2 bridgehead atoms. The summed E-state index contributed by atoms with van der Waals surface area (Å²) in [7, 11) is -4.12. The number of pyridine rings is 1. The second-order valence-electron chi connectivity index (χ2n) is 10.9. The number of benzene rings is 2. The molecule has 1 amide bonds. The minimum absolute atomic E-state index is 0.00886.